The van der Waals surface area contributed by atoms with E-state index in [0.717, 1.165) is 19.7 Å². The van der Waals surface area contributed by atoms with Crippen LogP contribution >= 0.6 is 0 Å². The summed E-state index contributed by atoms with van der Waals surface area (Å²) in [6.07, 6.45) is 3.02. The molecule has 0 aromatic carbocycles. The van der Waals surface area contributed by atoms with Gasteiger partial charge in [0.1, 0.15) is 0 Å². The average Bonchev–Trinajstić information content (AvgIpc) is 2.03. The third kappa shape index (κ3) is 3.07. The molecule has 0 aromatic rings. The predicted octanol–water partition coefficient (Wildman–Crippen LogP) is 0.342. The summed E-state index contributed by atoms with van der Waals surface area (Å²) in [6.45, 7) is 2.98. The van der Waals surface area contributed by atoms with Gasteiger partial charge in [-0.3, -0.25) is 0 Å². The minimum atomic E-state index is 0.494. The van der Waals surface area contributed by atoms with Gasteiger partial charge in [-0.05, 0) is 0 Å². The zero-order valence-corrected chi connectivity index (χ0v) is 6.73. The molecule has 0 spiro atoms. The van der Waals surface area contributed by atoms with Gasteiger partial charge in [-0.1, -0.05) is 0 Å². The molecular formula is C7H14LiNO. The fourth-order valence-corrected chi connectivity index (χ4v) is 1.24. The van der Waals surface area contributed by atoms with Crippen molar-refractivity contribution in [1.29, 1.82) is 0 Å². The van der Waals surface area contributed by atoms with Crippen LogP contribution in [0.2, 0.25) is 5.09 Å². The molecule has 0 saturated carbocycles. The maximum atomic E-state index is 5.52. The van der Waals surface area contributed by atoms with Gasteiger partial charge in [-0.2, -0.15) is 0 Å². The number of rotatable bonds is 3. The first kappa shape index (κ1) is 8.61. The van der Waals surface area contributed by atoms with E-state index in [4.69, 9.17) is 4.74 Å². The van der Waals surface area contributed by atoms with Gasteiger partial charge in [0, 0.05) is 0 Å². The summed E-state index contributed by atoms with van der Waals surface area (Å²) in [6, 6.07) is 0. The molecule has 1 fully saturated rings. The van der Waals surface area contributed by atoms with Crippen molar-refractivity contribution in [2.75, 3.05) is 19.7 Å². The van der Waals surface area contributed by atoms with Crippen molar-refractivity contribution in [1.82, 2.24) is 5.32 Å². The van der Waals surface area contributed by atoms with Gasteiger partial charge in [0.25, 0.3) is 0 Å². The zero-order valence-electron chi connectivity index (χ0n) is 6.73. The van der Waals surface area contributed by atoms with Crippen LogP contribution in [0.1, 0.15) is 12.8 Å². The van der Waals surface area contributed by atoms with Gasteiger partial charge in [0.05, 0.1) is 0 Å². The Labute approximate surface area is 71.9 Å². The fourth-order valence-electron chi connectivity index (χ4n) is 1.24. The van der Waals surface area contributed by atoms with E-state index in [1.807, 2.05) is 0 Å². The number of morpholine rings is 1. The second-order valence-corrected chi connectivity index (χ2v) is 2.84. The molecule has 1 heterocycles. The van der Waals surface area contributed by atoms with Gasteiger partial charge in [0.15, 0.2) is 0 Å². The van der Waals surface area contributed by atoms with Gasteiger partial charge in [-0.15, -0.1) is 0 Å². The zero-order chi connectivity index (χ0) is 7.23. The first-order chi connectivity index (χ1) is 4.93. The molecule has 1 aliphatic heterocycles. The first-order valence-electron chi connectivity index (χ1n) is 4.26. The molecule has 0 aliphatic carbocycles. The Morgan fingerprint density at radius 2 is 2.50 bits per heavy atom. The molecule has 1 N–H and O–H groups in total. The summed E-state index contributed by atoms with van der Waals surface area (Å²) in [4.78, 5) is 0. The van der Waals surface area contributed by atoms with E-state index < -0.39 is 0 Å². The number of ether oxygens (including phenoxy) is 1. The van der Waals surface area contributed by atoms with E-state index in [1.165, 1.54) is 17.9 Å². The molecule has 0 amide bonds. The van der Waals surface area contributed by atoms with Crippen LogP contribution < -0.4 is 5.32 Å². The van der Waals surface area contributed by atoms with Crippen LogP contribution in [0.3, 0.4) is 0 Å². The van der Waals surface area contributed by atoms with Crippen molar-refractivity contribution in [2.45, 2.75) is 24.0 Å². The van der Waals surface area contributed by atoms with Crippen LogP contribution in [0.15, 0.2) is 0 Å². The second kappa shape index (κ2) is 5.21. The topological polar surface area (TPSA) is 21.3 Å². The van der Waals surface area contributed by atoms with E-state index in [2.05, 4.69) is 23.0 Å². The van der Waals surface area contributed by atoms with Crippen molar-refractivity contribution >= 4 is 17.7 Å². The van der Waals surface area contributed by atoms with Crippen LogP contribution in [-0.2, 0) is 4.74 Å². The first-order valence-corrected chi connectivity index (χ1v) is 4.26. The van der Waals surface area contributed by atoms with Crippen LogP contribution in [0.4, 0.5) is 0 Å². The molecule has 1 aliphatic rings. The fraction of sp³-hybridized carbons (Fsp3) is 1.00. The molecule has 1 unspecified atom stereocenters. The van der Waals surface area contributed by atoms with E-state index in [0.29, 0.717) is 6.10 Å². The standard InChI is InChI=1S/C7H14NO.Li/c1-2-3-7-6-8-4-5-9-7;/h7-8H,1-6H2;. The van der Waals surface area contributed by atoms with E-state index in [-0.39, 0.29) is 0 Å². The van der Waals surface area contributed by atoms with E-state index >= 15 is 0 Å². The summed E-state index contributed by atoms with van der Waals surface area (Å²) in [5, 5.41) is 4.60. The molecule has 1 saturated heterocycles. The van der Waals surface area contributed by atoms with Crippen molar-refractivity contribution in [2.24, 2.45) is 0 Å². The molecule has 1 rings (SSSR count). The second-order valence-electron chi connectivity index (χ2n) is 2.84. The number of nitrogens with one attached hydrogen (secondary N) is 1. The Morgan fingerprint density at radius 3 is 3.10 bits per heavy atom. The van der Waals surface area contributed by atoms with E-state index in [1.54, 1.807) is 0 Å². The molecule has 0 radical (unpaired) electrons. The number of hydrogen-bond donors (Lipinski definition) is 1. The Hall–Kier alpha value is 0.517. The van der Waals surface area contributed by atoms with Crippen molar-refractivity contribution < 1.29 is 4.74 Å². The van der Waals surface area contributed by atoms with Crippen molar-refractivity contribution in [3.8, 4) is 0 Å². The van der Waals surface area contributed by atoms with Crippen molar-refractivity contribution in [3.05, 3.63) is 0 Å². The Balaban J connectivity index is 2.02. The third-order valence-electron chi connectivity index (χ3n) is 1.88. The van der Waals surface area contributed by atoms with Crippen LogP contribution in [0.5, 0.6) is 0 Å². The SMILES string of the molecule is [Li][CH2]CCC1CNCCO1. The normalized spacial score (nSPS) is 26.8. The average molecular weight is 135 g/mol. The van der Waals surface area contributed by atoms with Crippen LogP contribution in [-0.4, -0.2) is 43.5 Å². The summed E-state index contributed by atoms with van der Waals surface area (Å²) in [5.41, 5.74) is 0. The molecule has 0 aromatic heterocycles. The predicted molar refractivity (Wildman–Crippen MR) is 42.4 cm³/mol. The summed E-state index contributed by atoms with van der Waals surface area (Å²) >= 11 is 2.22. The molecule has 2 nitrogen and oxygen atoms in total. The van der Waals surface area contributed by atoms with Gasteiger partial charge >= 0.3 is 71.5 Å². The third-order valence-corrected chi connectivity index (χ3v) is 1.88. The monoisotopic (exact) mass is 135 g/mol. The Morgan fingerprint density at radius 1 is 1.60 bits per heavy atom. The summed E-state index contributed by atoms with van der Waals surface area (Å²) < 4.78 is 5.52. The number of hydrogen-bond acceptors (Lipinski definition) is 2. The van der Waals surface area contributed by atoms with Crippen molar-refractivity contribution in [3.63, 3.8) is 0 Å². The van der Waals surface area contributed by atoms with E-state index in [9.17, 15) is 0 Å². The molecular weight excluding hydrogens is 121 g/mol. The molecule has 10 heavy (non-hydrogen) atoms. The Kier molecular flexibility index (Phi) is 4.48. The summed E-state index contributed by atoms with van der Waals surface area (Å²) in [5.74, 6) is 0. The van der Waals surface area contributed by atoms with Crippen LogP contribution in [0, 0.1) is 0 Å². The van der Waals surface area contributed by atoms with Crippen LogP contribution in [0.25, 0.3) is 0 Å². The Bertz CT molecular complexity index is 83.7. The molecule has 54 valence electrons. The quantitative estimate of drug-likeness (QED) is 0.563. The van der Waals surface area contributed by atoms with Gasteiger partial charge < -0.3 is 0 Å². The molecule has 0 bridgehead atoms. The minimum absolute atomic E-state index is 0.494. The van der Waals surface area contributed by atoms with Gasteiger partial charge in [0.2, 0.25) is 0 Å². The summed E-state index contributed by atoms with van der Waals surface area (Å²) in [7, 11) is 0. The van der Waals surface area contributed by atoms with Gasteiger partial charge in [-0.25, -0.2) is 0 Å². The molecule has 3 heteroatoms. The maximum absolute atomic E-state index is 5.52. The molecule has 1 atom stereocenters.